The van der Waals surface area contributed by atoms with Gasteiger partial charge in [0.15, 0.2) is 12.0 Å². The number of carbonyl (C=O) groups is 1. The number of hydrogen-bond acceptors (Lipinski definition) is 6. The van der Waals surface area contributed by atoms with E-state index in [9.17, 15) is 19.7 Å². The highest BCUT2D eigenvalue weighted by Crippen LogP contribution is 1.96. The largest absolute Gasteiger partial charge is 0.379 e. The van der Waals surface area contributed by atoms with Gasteiger partial charge in [-0.05, 0) is 0 Å². The summed E-state index contributed by atoms with van der Waals surface area (Å²) in [5, 5.41) is 9.05. The monoisotopic (exact) mass is 203 g/mol. The van der Waals surface area contributed by atoms with Crippen molar-refractivity contribution in [3.05, 3.63) is 26.7 Å². The number of hydrazine groups is 1. The zero-order valence-corrected chi connectivity index (χ0v) is 6.59. The average molecular weight is 203 g/mol. The lowest BCUT2D eigenvalue weighted by Gasteiger charge is -1.98. The lowest BCUT2D eigenvalue weighted by Crippen LogP contribution is -2.36. The lowest BCUT2D eigenvalue weighted by atomic mass is 10.6. The van der Waals surface area contributed by atoms with Crippen LogP contribution in [0.4, 0.5) is 10.5 Å². The zero-order valence-electron chi connectivity index (χ0n) is 6.59. The van der Waals surface area contributed by atoms with Crippen molar-refractivity contribution in [2.45, 2.75) is 0 Å². The van der Waals surface area contributed by atoms with Crippen molar-refractivity contribution < 1.29 is 14.3 Å². The summed E-state index contributed by atoms with van der Waals surface area (Å²) in [6.45, 7) is 0. The predicted molar refractivity (Wildman–Crippen MR) is 41.7 cm³/mol. The molecule has 0 fully saturated rings. The van der Waals surface area contributed by atoms with Crippen molar-refractivity contribution in [2.24, 2.45) is 5.73 Å². The maximum atomic E-state index is 11.0. The van der Waals surface area contributed by atoms with Crippen LogP contribution < -0.4 is 22.1 Å². The van der Waals surface area contributed by atoms with E-state index >= 15 is 0 Å². The number of aromatic nitrogens is 1. The van der Waals surface area contributed by atoms with E-state index in [4.69, 9.17) is 0 Å². The fourth-order valence-corrected chi connectivity index (χ4v) is 0.628. The molecular weight excluding hydrogens is 198 g/mol. The van der Waals surface area contributed by atoms with E-state index in [-0.39, 0.29) is 10.5 Å². The molecule has 0 aliphatic carbocycles. The third-order valence-corrected chi connectivity index (χ3v) is 1.14. The zero-order chi connectivity index (χ0) is 10.7. The third kappa shape index (κ3) is 1.80. The second-order valence-electron chi connectivity index (χ2n) is 2.07. The van der Waals surface area contributed by atoms with E-state index in [0.717, 1.165) is 6.26 Å². The number of carbonyl (C=O) groups excluding carboxylic acids is 1. The Morgan fingerprint density at radius 3 is 2.79 bits per heavy atom. The quantitative estimate of drug-likeness (QED) is 0.401. The molecule has 0 saturated carbocycles. The molecule has 0 saturated heterocycles. The van der Waals surface area contributed by atoms with E-state index in [1.54, 1.807) is 0 Å². The number of nitrogens with one attached hydrogen (secondary N) is 2. The Morgan fingerprint density at radius 1 is 1.71 bits per heavy atom. The fourth-order valence-electron chi connectivity index (χ4n) is 0.628. The van der Waals surface area contributed by atoms with Gasteiger partial charge in [0.1, 0.15) is 4.85 Å². The second kappa shape index (κ2) is 3.47. The van der Waals surface area contributed by atoms with Crippen molar-refractivity contribution in [1.29, 1.82) is 0 Å². The number of nitro groups is 1. The van der Waals surface area contributed by atoms with Crippen LogP contribution in [-0.4, -0.2) is 15.9 Å². The van der Waals surface area contributed by atoms with Crippen LogP contribution in [0.5, 0.6) is 0 Å². The molecular formula is C4H5N5O5. The SMILES string of the molecule is NC(=O)NNc1con([N+](=O)[O-])c1=O. The number of nitrogens with two attached hydrogens (primary N) is 1. The number of urea groups is 1. The summed E-state index contributed by atoms with van der Waals surface area (Å²) in [5.74, 6) is 0. The number of anilines is 1. The molecule has 76 valence electrons. The molecule has 1 rings (SSSR count). The van der Waals surface area contributed by atoms with Crippen molar-refractivity contribution in [3.63, 3.8) is 0 Å². The summed E-state index contributed by atoms with van der Waals surface area (Å²) in [6, 6.07) is -0.946. The van der Waals surface area contributed by atoms with Crippen LogP contribution >= 0.6 is 0 Å². The standard InChI is InChI=1S/C4H5N5O5/c5-4(11)7-6-2-1-14-8(3(2)10)9(12)13/h1,6H,(H3,5,7,11). The normalized spacial score (nSPS) is 9.43. The number of hydrogen-bond donors (Lipinski definition) is 3. The molecule has 10 heteroatoms. The summed E-state index contributed by atoms with van der Waals surface area (Å²) >= 11 is 0. The summed E-state index contributed by atoms with van der Waals surface area (Å²) in [7, 11) is 0. The molecule has 10 nitrogen and oxygen atoms in total. The Balaban J connectivity index is 2.85. The lowest BCUT2D eigenvalue weighted by molar-refractivity contribution is -0.583. The van der Waals surface area contributed by atoms with Crippen LogP contribution in [0.15, 0.2) is 15.6 Å². The van der Waals surface area contributed by atoms with Crippen molar-refractivity contribution in [1.82, 2.24) is 10.3 Å². The number of nitrogens with zero attached hydrogens (tertiary/aromatic N) is 2. The molecule has 1 heterocycles. The van der Waals surface area contributed by atoms with Gasteiger partial charge in [0.25, 0.3) is 0 Å². The Kier molecular flexibility index (Phi) is 2.37. The van der Waals surface area contributed by atoms with Gasteiger partial charge in [-0.2, -0.15) is 0 Å². The molecule has 0 atom stereocenters. The number of amides is 2. The van der Waals surface area contributed by atoms with Gasteiger partial charge in [-0.25, -0.2) is 14.9 Å². The first kappa shape index (κ1) is 9.57. The van der Waals surface area contributed by atoms with E-state index < -0.39 is 16.6 Å². The Bertz CT molecular complexity index is 418. The Morgan fingerprint density at radius 2 is 2.36 bits per heavy atom. The average Bonchev–Trinajstić information content (AvgIpc) is 2.43. The van der Waals surface area contributed by atoms with Crippen molar-refractivity contribution >= 4 is 11.7 Å². The summed E-state index contributed by atoms with van der Waals surface area (Å²) < 4.78 is 4.24. The molecule has 14 heavy (non-hydrogen) atoms. The summed E-state index contributed by atoms with van der Waals surface area (Å²) in [6.07, 6.45) is 0.765. The van der Waals surface area contributed by atoms with E-state index in [1.165, 1.54) is 0 Å². The minimum absolute atomic E-state index is 0.106. The minimum Gasteiger partial charge on any atom is -0.350 e. The Hall–Kier alpha value is -2.52. The predicted octanol–water partition coefficient (Wildman–Crippen LogP) is -1.52. The van der Waals surface area contributed by atoms with Gasteiger partial charge in [0.05, 0.1) is 0 Å². The fraction of sp³-hybridized carbons (Fsp3) is 0. The summed E-state index contributed by atoms with van der Waals surface area (Å²) in [4.78, 5) is 31.2. The van der Waals surface area contributed by atoms with Gasteiger partial charge in [-0.1, -0.05) is 0 Å². The van der Waals surface area contributed by atoms with Crippen LogP contribution in [0.1, 0.15) is 0 Å². The van der Waals surface area contributed by atoms with Gasteiger partial charge in [-0.3, -0.25) is 15.6 Å². The third-order valence-electron chi connectivity index (χ3n) is 1.14. The van der Waals surface area contributed by atoms with E-state index in [1.807, 2.05) is 10.9 Å². The number of primary amides is 1. The molecule has 1 aromatic rings. The van der Waals surface area contributed by atoms with Crippen molar-refractivity contribution in [3.8, 4) is 0 Å². The molecule has 4 N–H and O–H groups in total. The highest BCUT2D eigenvalue weighted by molar-refractivity contribution is 5.73. The van der Waals surface area contributed by atoms with Gasteiger partial charge in [-0.15, -0.1) is 0 Å². The molecule has 0 aromatic carbocycles. The first-order valence-electron chi connectivity index (χ1n) is 3.19. The topological polar surface area (TPSA) is 145 Å². The van der Waals surface area contributed by atoms with E-state index in [2.05, 4.69) is 10.3 Å². The summed E-state index contributed by atoms with van der Waals surface area (Å²) in [5.41, 5.74) is 7.19. The maximum Gasteiger partial charge on any atom is 0.379 e. The first-order chi connectivity index (χ1) is 6.52. The van der Waals surface area contributed by atoms with Crippen LogP contribution in [-0.2, 0) is 0 Å². The number of rotatable bonds is 3. The van der Waals surface area contributed by atoms with Gasteiger partial charge in [0.2, 0.25) is 5.03 Å². The highest BCUT2D eigenvalue weighted by Gasteiger charge is 2.15. The molecule has 0 spiro atoms. The molecule has 1 aromatic heterocycles. The smallest absolute Gasteiger partial charge is 0.350 e. The molecule has 0 aliphatic heterocycles. The van der Waals surface area contributed by atoms with Crippen LogP contribution in [0.2, 0.25) is 0 Å². The maximum absolute atomic E-state index is 11.0. The Labute approximate surface area is 75.3 Å². The minimum atomic E-state index is -1.06. The highest BCUT2D eigenvalue weighted by atomic mass is 16.7. The van der Waals surface area contributed by atoms with E-state index in [0.29, 0.717) is 0 Å². The van der Waals surface area contributed by atoms with Gasteiger partial charge < -0.3 is 10.3 Å². The second-order valence-corrected chi connectivity index (χ2v) is 2.07. The molecule has 2 amide bonds. The van der Waals surface area contributed by atoms with Crippen molar-refractivity contribution in [2.75, 3.05) is 5.43 Å². The van der Waals surface area contributed by atoms with Gasteiger partial charge in [0, 0.05) is 0 Å². The molecule has 0 aliphatic rings. The van der Waals surface area contributed by atoms with Gasteiger partial charge >= 0.3 is 11.6 Å². The van der Waals surface area contributed by atoms with Crippen LogP contribution in [0, 0.1) is 10.1 Å². The first-order valence-corrected chi connectivity index (χ1v) is 3.19. The van der Waals surface area contributed by atoms with Crippen LogP contribution in [0.25, 0.3) is 0 Å². The molecule has 0 bridgehead atoms. The molecule has 0 unspecified atom stereocenters. The molecule has 0 radical (unpaired) electrons. The van der Waals surface area contributed by atoms with Crippen LogP contribution in [0.3, 0.4) is 0 Å².